The van der Waals surface area contributed by atoms with Gasteiger partial charge in [0.05, 0.1) is 21.3 Å². The van der Waals surface area contributed by atoms with Crippen LogP contribution in [0.3, 0.4) is 0 Å². The number of rotatable bonds is 4. The number of nitrogens with one attached hydrogen (secondary N) is 1. The predicted molar refractivity (Wildman–Crippen MR) is 89.1 cm³/mol. The fourth-order valence-corrected chi connectivity index (χ4v) is 2.12. The van der Waals surface area contributed by atoms with Crippen molar-refractivity contribution >= 4 is 40.9 Å². The number of hydrogen-bond acceptors (Lipinski definition) is 4. The lowest BCUT2D eigenvalue weighted by atomic mass is 10.1. The molecule has 0 saturated carbocycles. The van der Waals surface area contributed by atoms with Crippen LogP contribution < -0.4 is 5.32 Å². The quantitative estimate of drug-likeness (QED) is 0.849. The normalized spacial score (nSPS) is 10.3. The van der Waals surface area contributed by atoms with Gasteiger partial charge in [0.2, 0.25) is 0 Å². The van der Waals surface area contributed by atoms with Crippen molar-refractivity contribution in [3.05, 3.63) is 57.2 Å². The minimum absolute atomic E-state index is 0.171. The number of amides is 1. The Hall–Kier alpha value is -2.11. The molecule has 0 unspecified atom stereocenters. The summed E-state index contributed by atoms with van der Waals surface area (Å²) in [5.41, 5.74) is 1.93. The molecule has 0 fully saturated rings. The van der Waals surface area contributed by atoms with E-state index in [1.54, 1.807) is 31.2 Å². The molecule has 1 N–H and O–H groups in total. The molecule has 0 atom stereocenters. The highest BCUT2D eigenvalue weighted by Crippen LogP contribution is 2.25. The van der Waals surface area contributed by atoms with Crippen molar-refractivity contribution < 1.29 is 14.3 Å². The van der Waals surface area contributed by atoms with Crippen LogP contribution in [0.25, 0.3) is 0 Å². The average Bonchev–Trinajstić information content (AvgIpc) is 2.51. The van der Waals surface area contributed by atoms with Gasteiger partial charge in [-0.2, -0.15) is 0 Å². The van der Waals surface area contributed by atoms with E-state index in [4.69, 9.17) is 27.9 Å². The number of pyridine rings is 1. The number of esters is 1. The molecular formula is C16H14Cl2N2O3. The van der Waals surface area contributed by atoms with Gasteiger partial charge >= 0.3 is 5.97 Å². The van der Waals surface area contributed by atoms with Crippen LogP contribution in [0, 0.1) is 13.8 Å². The van der Waals surface area contributed by atoms with Gasteiger partial charge in [0.15, 0.2) is 12.4 Å². The van der Waals surface area contributed by atoms with Crippen molar-refractivity contribution in [2.75, 3.05) is 11.9 Å². The molecule has 5 nitrogen and oxygen atoms in total. The molecule has 0 saturated heterocycles. The Labute approximate surface area is 143 Å². The number of halogens is 2. The Morgan fingerprint density at radius 3 is 2.43 bits per heavy atom. The Kier molecular flexibility index (Phi) is 5.58. The first kappa shape index (κ1) is 17.2. The number of nitrogens with zero attached hydrogens (tertiary/aromatic N) is 1. The van der Waals surface area contributed by atoms with Gasteiger partial charge in [-0.25, -0.2) is 9.78 Å². The van der Waals surface area contributed by atoms with Gasteiger partial charge in [0.25, 0.3) is 5.91 Å². The van der Waals surface area contributed by atoms with Crippen LogP contribution in [-0.2, 0) is 9.53 Å². The number of ether oxygens (including phenoxy) is 1. The Balaban J connectivity index is 1.94. The molecule has 2 rings (SSSR count). The van der Waals surface area contributed by atoms with Crippen molar-refractivity contribution in [3.8, 4) is 0 Å². The van der Waals surface area contributed by atoms with E-state index in [-0.39, 0.29) is 10.8 Å². The molecule has 1 aromatic heterocycles. The number of anilines is 1. The number of benzene rings is 1. The van der Waals surface area contributed by atoms with E-state index in [0.717, 1.165) is 5.56 Å². The van der Waals surface area contributed by atoms with E-state index in [9.17, 15) is 9.59 Å². The summed E-state index contributed by atoms with van der Waals surface area (Å²) >= 11 is 11.8. The van der Waals surface area contributed by atoms with Gasteiger partial charge in [-0.1, -0.05) is 40.9 Å². The molecule has 2 aromatic rings. The maximum atomic E-state index is 11.8. The van der Waals surface area contributed by atoms with Gasteiger partial charge in [-0.15, -0.1) is 0 Å². The van der Waals surface area contributed by atoms with E-state index in [1.807, 2.05) is 6.92 Å². The summed E-state index contributed by atoms with van der Waals surface area (Å²) in [4.78, 5) is 27.7. The van der Waals surface area contributed by atoms with Crippen LogP contribution >= 0.6 is 23.2 Å². The third-order valence-electron chi connectivity index (χ3n) is 2.98. The zero-order valence-electron chi connectivity index (χ0n) is 12.5. The third-order valence-corrected chi connectivity index (χ3v) is 3.65. The minimum atomic E-state index is -0.577. The summed E-state index contributed by atoms with van der Waals surface area (Å²) in [7, 11) is 0. The summed E-state index contributed by atoms with van der Waals surface area (Å²) < 4.78 is 4.95. The Morgan fingerprint density at radius 2 is 1.78 bits per heavy atom. The largest absolute Gasteiger partial charge is 0.452 e. The van der Waals surface area contributed by atoms with E-state index < -0.39 is 18.5 Å². The lowest BCUT2D eigenvalue weighted by Gasteiger charge is -2.09. The fourth-order valence-electron chi connectivity index (χ4n) is 1.72. The Morgan fingerprint density at radius 1 is 1.13 bits per heavy atom. The highest BCUT2D eigenvalue weighted by Gasteiger charge is 2.13. The van der Waals surface area contributed by atoms with Crippen molar-refractivity contribution in [1.29, 1.82) is 0 Å². The maximum absolute atomic E-state index is 11.8. The molecule has 0 aliphatic rings. The predicted octanol–water partition coefficient (Wildman–Crippen LogP) is 3.80. The number of aryl methyl sites for hydroxylation is 2. The molecule has 0 aliphatic carbocycles. The molecule has 23 heavy (non-hydrogen) atoms. The molecule has 0 spiro atoms. The van der Waals surface area contributed by atoms with E-state index >= 15 is 0 Å². The minimum Gasteiger partial charge on any atom is -0.452 e. The number of hydrogen-bond donors (Lipinski definition) is 1. The molecule has 0 radical (unpaired) electrons. The molecule has 0 bridgehead atoms. The van der Waals surface area contributed by atoms with E-state index in [2.05, 4.69) is 10.3 Å². The maximum Gasteiger partial charge on any atom is 0.338 e. The van der Waals surface area contributed by atoms with Gasteiger partial charge in [-0.05, 0) is 32.0 Å². The van der Waals surface area contributed by atoms with Crippen molar-refractivity contribution in [2.45, 2.75) is 13.8 Å². The molecule has 1 aromatic carbocycles. The number of aromatic nitrogens is 1. The lowest BCUT2D eigenvalue weighted by molar-refractivity contribution is -0.119. The zero-order valence-corrected chi connectivity index (χ0v) is 14.0. The molecular weight excluding hydrogens is 339 g/mol. The van der Waals surface area contributed by atoms with Gasteiger partial charge in [0.1, 0.15) is 0 Å². The van der Waals surface area contributed by atoms with Crippen molar-refractivity contribution in [1.82, 2.24) is 4.98 Å². The standard InChI is InChI=1S/C16H14Cl2N2O3/c1-9-3-5-11(6-4-9)16(22)23-8-14(21)20-15-13(18)7-12(17)10(2)19-15/h3-7H,8H2,1-2H3,(H,19,20,21). The lowest BCUT2D eigenvalue weighted by Crippen LogP contribution is -2.21. The fraction of sp³-hybridized carbons (Fsp3) is 0.188. The summed E-state index contributed by atoms with van der Waals surface area (Å²) in [6.45, 7) is 3.16. The van der Waals surface area contributed by atoms with Crippen LogP contribution in [0.4, 0.5) is 5.82 Å². The summed E-state index contributed by atoms with van der Waals surface area (Å²) in [6.07, 6.45) is 0. The van der Waals surface area contributed by atoms with Crippen molar-refractivity contribution in [3.63, 3.8) is 0 Å². The highest BCUT2D eigenvalue weighted by atomic mass is 35.5. The van der Waals surface area contributed by atoms with Gasteiger partial charge in [0, 0.05) is 0 Å². The summed E-state index contributed by atoms with van der Waals surface area (Å²) in [5.74, 6) is -0.946. The second-order valence-electron chi connectivity index (χ2n) is 4.88. The van der Waals surface area contributed by atoms with Crippen LogP contribution in [0.1, 0.15) is 21.6 Å². The van der Waals surface area contributed by atoms with E-state index in [1.165, 1.54) is 6.07 Å². The second kappa shape index (κ2) is 7.44. The van der Waals surface area contributed by atoms with Gasteiger partial charge < -0.3 is 10.1 Å². The summed E-state index contributed by atoms with van der Waals surface area (Å²) in [6, 6.07) is 8.33. The first-order valence-corrected chi connectivity index (χ1v) is 7.48. The Bertz CT molecular complexity index is 746. The van der Waals surface area contributed by atoms with Crippen LogP contribution in [0.15, 0.2) is 30.3 Å². The number of carbonyl (C=O) groups excluding carboxylic acids is 2. The van der Waals surface area contributed by atoms with Crippen LogP contribution in [0.5, 0.6) is 0 Å². The topological polar surface area (TPSA) is 68.3 Å². The van der Waals surface area contributed by atoms with Crippen LogP contribution in [-0.4, -0.2) is 23.5 Å². The second-order valence-corrected chi connectivity index (χ2v) is 5.69. The molecule has 7 heteroatoms. The first-order valence-electron chi connectivity index (χ1n) is 6.73. The zero-order chi connectivity index (χ0) is 17.0. The number of carbonyl (C=O) groups is 2. The average molecular weight is 353 g/mol. The smallest absolute Gasteiger partial charge is 0.338 e. The molecule has 0 aliphatic heterocycles. The summed E-state index contributed by atoms with van der Waals surface area (Å²) in [5, 5.41) is 3.09. The van der Waals surface area contributed by atoms with Crippen LogP contribution in [0.2, 0.25) is 10.0 Å². The van der Waals surface area contributed by atoms with E-state index in [0.29, 0.717) is 16.3 Å². The first-order chi connectivity index (χ1) is 10.9. The molecule has 1 heterocycles. The van der Waals surface area contributed by atoms with Crippen molar-refractivity contribution in [2.24, 2.45) is 0 Å². The molecule has 1 amide bonds. The molecule has 120 valence electrons. The highest BCUT2D eigenvalue weighted by molar-refractivity contribution is 6.36. The third kappa shape index (κ3) is 4.68. The van der Waals surface area contributed by atoms with Gasteiger partial charge in [-0.3, -0.25) is 4.79 Å². The monoisotopic (exact) mass is 352 g/mol. The SMILES string of the molecule is Cc1ccc(C(=O)OCC(=O)Nc2nc(C)c(Cl)cc2Cl)cc1.